The third-order valence-corrected chi connectivity index (χ3v) is 4.49. The van der Waals surface area contributed by atoms with E-state index >= 15 is 0 Å². The van der Waals surface area contributed by atoms with Crippen LogP contribution in [0.5, 0.6) is 5.75 Å². The van der Waals surface area contributed by atoms with Gasteiger partial charge in [0.2, 0.25) is 0 Å². The number of anilines is 1. The monoisotopic (exact) mass is 338 g/mol. The number of hydrogen-bond acceptors (Lipinski definition) is 4. The third-order valence-electron chi connectivity index (χ3n) is 3.73. The van der Waals surface area contributed by atoms with Gasteiger partial charge in [-0.05, 0) is 31.0 Å². The fraction of sp³-hybridized carbons (Fsp3) is 0.158. The van der Waals surface area contributed by atoms with Crippen LogP contribution in [0, 0.1) is 13.8 Å². The summed E-state index contributed by atoms with van der Waals surface area (Å²) in [6.07, 6.45) is 0. The number of hydrogen-bond donors (Lipinski definition) is 1. The van der Waals surface area contributed by atoms with Gasteiger partial charge in [-0.3, -0.25) is 10.1 Å². The topological polar surface area (TPSA) is 51.2 Å². The van der Waals surface area contributed by atoms with Gasteiger partial charge >= 0.3 is 0 Å². The third kappa shape index (κ3) is 3.81. The van der Waals surface area contributed by atoms with Crippen molar-refractivity contribution >= 4 is 22.4 Å². The molecule has 0 radical (unpaired) electrons. The molecule has 0 saturated heterocycles. The first-order chi connectivity index (χ1) is 11.6. The number of nitrogens with one attached hydrogen (secondary N) is 1. The maximum Gasteiger partial charge on any atom is 0.264 e. The van der Waals surface area contributed by atoms with Crippen molar-refractivity contribution in [3.8, 4) is 17.0 Å². The Hall–Kier alpha value is -2.66. The lowest BCUT2D eigenvalue weighted by Crippen LogP contribution is -2.20. The summed E-state index contributed by atoms with van der Waals surface area (Å²) in [5.74, 6) is 0.513. The molecule has 0 fully saturated rings. The minimum Gasteiger partial charge on any atom is -0.483 e. The van der Waals surface area contributed by atoms with E-state index in [1.54, 1.807) is 0 Å². The van der Waals surface area contributed by atoms with Crippen molar-refractivity contribution in [2.75, 3.05) is 11.9 Å². The SMILES string of the molecule is Cc1cccc(OCC(=O)Nc2nc(-c3ccccc3)cs2)c1C. The van der Waals surface area contributed by atoms with Gasteiger partial charge in [0, 0.05) is 10.9 Å². The number of benzene rings is 2. The van der Waals surface area contributed by atoms with E-state index in [9.17, 15) is 4.79 Å². The lowest BCUT2D eigenvalue weighted by molar-refractivity contribution is -0.118. The van der Waals surface area contributed by atoms with Crippen molar-refractivity contribution in [2.45, 2.75) is 13.8 Å². The first-order valence-electron chi connectivity index (χ1n) is 7.63. The molecule has 0 aliphatic rings. The van der Waals surface area contributed by atoms with Gasteiger partial charge < -0.3 is 4.74 Å². The van der Waals surface area contributed by atoms with E-state index in [1.165, 1.54) is 11.3 Å². The van der Waals surface area contributed by atoms with Crippen LogP contribution in [-0.2, 0) is 4.79 Å². The van der Waals surface area contributed by atoms with Gasteiger partial charge in [0.25, 0.3) is 5.91 Å². The summed E-state index contributed by atoms with van der Waals surface area (Å²) in [7, 11) is 0. The molecular weight excluding hydrogens is 320 g/mol. The molecule has 0 aliphatic heterocycles. The van der Waals surface area contributed by atoms with Crippen molar-refractivity contribution in [1.29, 1.82) is 0 Å². The number of nitrogens with zero attached hydrogens (tertiary/aromatic N) is 1. The largest absolute Gasteiger partial charge is 0.483 e. The molecule has 3 aromatic rings. The number of amides is 1. The first-order valence-corrected chi connectivity index (χ1v) is 8.51. The summed E-state index contributed by atoms with van der Waals surface area (Å²) >= 11 is 1.40. The normalized spacial score (nSPS) is 10.4. The molecule has 24 heavy (non-hydrogen) atoms. The van der Waals surface area contributed by atoms with Crippen LogP contribution in [0.1, 0.15) is 11.1 Å². The zero-order valence-corrected chi connectivity index (χ0v) is 14.4. The summed E-state index contributed by atoms with van der Waals surface area (Å²) in [6, 6.07) is 15.7. The molecule has 1 N–H and O–H groups in total. The molecule has 122 valence electrons. The van der Waals surface area contributed by atoms with E-state index in [2.05, 4.69) is 10.3 Å². The van der Waals surface area contributed by atoms with Crippen LogP contribution in [0.2, 0.25) is 0 Å². The Morgan fingerprint density at radius 2 is 1.92 bits per heavy atom. The minimum atomic E-state index is -0.218. The fourth-order valence-corrected chi connectivity index (χ4v) is 2.99. The van der Waals surface area contributed by atoms with Gasteiger partial charge in [-0.1, -0.05) is 42.5 Å². The van der Waals surface area contributed by atoms with Crippen molar-refractivity contribution in [3.63, 3.8) is 0 Å². The van der Waals surface area contributed by atoms with Gasteiger partial charge in [-0.25, -0.2) is 4.98 Å². The summed E-state index contributed by atoms with van der Waals surface area (Å²) in [4.78, 5) is 16.5. The number of aromatic nitrogens is 1. The maximum atomic E-state index is 12.1. The Labute approximate surface area is 145 Å². The van der Waals surface area contributed by atoms with Crippen LogP contribution in [0.4, 0.5) is 5.13 Å². The summed E-state index contributed by atoms with van der Waals surface area (Å²) in [5, 5.41) is 5.28. The van der Waals surface area contributed by atoms with Crippen LogP contribution in [0.3, 0.4) is 0 Å². The molecule has 1 heterocycles. The molecule has 2 aromatic carbocycles. The van der Waals surface area contributed by atoms with Crippen LogP contribution in [-0.4, -0.2) is 17.5 Å². The summed E-state index contributed by atoms with van der Waals surface area (Å²) < 4.78 is 5.61. The number of carbonyl (C=O) groups excluding carboxylic acids is 1. The van der Waals surface area contributed by atoms with Crippen molar-refractivity contribution < 1.29 is 9.53 Å². The van der Waals surface area contributed by atoms with Gasteiger partial charge in [-0.15, -0.1) is 11.3 Å². The molecule has 0 aliphatic carbocycles. The average Bonchev–Trinajstić information content (AvgIpc) is 3.05. The number of aryl methyl sites for hydroxylation is 1. The highest BCUT2D eigenvalue weighted by molar-refractivity contribution is 7.14. The fourth-order valence-electron chi connectivity index (χ4n) is 2.25. The Morgan fingerprint density at radius 3 is 2.71 bits per heavy atom. The molecule has 0 bridgehead atoms. The van der Waals surface area contributed by atoms with Gasteiger partial charge in [0.15, 0.2) is 11.7 Å². The summed E-state index contributed by atoms with van der Waals surface area (Å²) in [5.41, 5.74) is 4.07. The molecule has 1 amide bonds. The number of thiazole rings is 1. The van der Waals surface area contributed by atoms with Crippen molar-refractivity contribution in [1.82, 2.24) is 4.98 Å². The summed E-state index contributed by atoms with van der Waals surface area (Å²) in [6.45, 7) is 3.96. The highest BCUT2D eigenvalue weighted by Gasteiger charge is 2.10. The Kier molecular flexibility index (Phi) is 4.91. The van der Waals surface area contributed by atoms with E-state index in [1.807, 2.05) is 67.8 Å². The smallest absolute Gasteiger partial charge is 0.264 e. The average molecular weight is 338 g/mol. The van der Waals surface area contributed by atoms with Crippen molar-refractivity contribution in [2.24, 2.45) is 0 Å². The Bertz CT molecular complexity index is 844. The van der Waals surface area contributed by atoms with Crippen LogP contribution >= 0.6 is 11.3 Å². The molecule has 0 spiro atoms. The van der Waals surface area contributed by atoms with E-state index < -0.39 is 0 Å². The lowest BCUT2D eigenvalue weighted by atomic mass is 10.1. The lowest BCUT2D eigenvalue weighted by Gasteiger charge is -2.10. The maximum absolute atomic E-state index is 12.1. The molecule has 3 rings (SSSR count). The van der Waals surface area contributed by atoms with E-state index in [0.717, 1.165) is 28.1 Å². The molecule has 4 nitrogen and oxygen atoms in total. The second kappa shape index (κ2) is 7.27. The first kappa shape index (κ1) is 16.2. The quantitative estimate of drug-likeness (QED) is 0.748. The Morgan fingerprint density at radius 1 is 1.12 bits per heavy atom. The molecular formula is C19H18N2O2S. The highest BCUT2D eigenvalue weighted by atomic mass is 32.1. The second-order valence-electron chi connectivity index (χ2n) is 5.44. The number of ether oxygens (including phenoxy) is 1. The van der Waals surface area contributed by atoms with Crippen LogP contribution in [0.25, 0.3) is 11.3 Å². The van der Waals surface area contributed by atoms with E-state index in [-0.39, 0.29) is 12.5 Å². The van der Waals surface area contributed by atoms with E-state index in [0.29, 0.717) is 5.13 Å². The standard InChI is InChI=1S/C19H18N2O2S/c1-13-7-6-10-17(14(13)2)23-11-18(22)21-19-20-16(12-24-19)15-8-4-3-5-9-15/h3-10,12H,11H2,1-2H3,(H,20,21,22). The molecule has 5 heteroatoms. The van der Waals surface area contributed by atoms with E-state index in [4.69, 9.17) is 4.74 Å². The molecule has 0 saturated carbocycles. The second-order valence-corrected chi connectivity index (χ2v) is 6.30. The predicted octanol–water partition coefficient (Wildman–Crippen LogP) is 4.44. The molecule has 0 atom stereocenters. The van der Waals surface area contributed by atoms with Gasteiger partial charge in [0.05, 0.1) is 5.69 Å². The minimum absolute atomic E-state index is 0.0372. The number of rotatable bonds is 5. The highest BCUT2D eigenvalue weighted by Crippen LogP contribution is 2.25. The molecule has 1 aromatic heterocycles. The number of carbonyl (C=O) groups is 1. The van der Waals surface area contributed by atoms with Gasteiger partial charge in [0.1, 0.15) is 5.75 Å². The zero-order valence-electron chi connectivity index (χ0n) is 13.6. The zero-order chi connectivity index (χ0) is 16.9. The Balaban J connectivity index is 1.59. The van der Waals surface area contributed by atoms with Crippen LogP contribution < -0.4 is 10.1 Å². The van der Waals surface area contributed by atoms with Crippen molar-refractivity contribution in [3.05, 3.63) is 65.0 Å². The predicted molar refractivity (Wildman–Crippen MR) is 97.6 cm³/mol. The molecule has 0 unspecified atom stereocenters. The van der Waals surface area contributed by atoms with Gasteiger partial charge in [-0.2, -0.15) is 0 Å². The van der Waals surface area contributed by atoms with Crippen LogP contribution in [0.15, 0.2) is 53.9 Å².